The van der Waals surface area contributed by atoms with Crippen molar-refractivity contribution >= 4 is 11.6 Å². The Morgan fingerprint density at radius 2 is 2.00 bits per heavy atom. The molecular formula is C15H24N2O3. The van der Waals surface area contributed by atoms with Gasteiger partial charge in [0, 0.05) is 18.8 Å². The summed E-state index contributed by atoms with van der Waals surface area (Å²) in [6.45, 7) is 3.86. The van der Waals surface area contributed by atoms with Gasteiger partial charge in [0.25, 0.3) is 5.91 Å². The van der Waals surface area contributed by atoms with Crippen molar-refractivity contribution < 1.29 is 14.3 Å². The highest BCUT2D eigenvalue weighted by atomic mass is 16.5. The van der Waals surface area contributed by atoms with Gasteiger partial charge in [-0.25, -0.2) is 0 Å². The minimum Gasteiger partial charge on any atom is -0.497 e. The van der Waals surface area contributed by atoms with E-state index in [1.165, 1.54) is 0 Å². The van der Waals surface area contributed by atoms with Crippen molar-refractivity contribution in [3.8, 4) is 5.75 Å². The van der Waals surface area contributed by atoms with E-state index in [4.69, 9.17) is 15.2 Å². The highest BCUT2D eigenvalue weighted by Crippen LogP contribution is 2.19. The first kappa shape index (κ1) is 16.5. The van der Waals surface area contributed by atoms with E-state index in [1.807, 2.05) is 31.2 Å². The van der Waals surface area contributed by atoms with Crippen LogP contribution in [0.1, 0.15) is 19.8 Å². The normalized spacial score (nSPS) is 10.3. The third-order valence-corrected chi connectivity index (χ3v) is 2.84. The molecule has 0 saturated heterocycles. The number of benzene rings is 1. The van der Waals surface area contributed by atoms with Crippen LogP contribution in [0, 0.1) is 0 Å². The average molecular weight is 280 g/mol. The summed E-state index contributed by atoms with van der Waals surface area (Å²) in [6.07, 6.45) is 1.66. The molecule has 0 aliphatic rings. The maximum absolute atomic E-state index is 12.2. The van der Waals surface area contributed by atoms with Gasteiger partial charge in [-0.05, 0) is 43.7 Å². The summed E-state index contributed by atoms with van der Waals surface area (Å²) < 4.78 is 10.4. The number of anilines is 1. The number of amides is 1. The predicted octanol–water partition coefficient (Wildman–Crippen LogP) is 1.80. The Bertz CT molecular complexity index is 393. The van der Waals surface area contributed by atoms with E-state index in [-0.39, 0.29) is 12.5 Å². The molecule has 0 saturated carbocycles. The van der Waals surface area contributed by atoms with Crippen LogP contribution in [0.25, 0.3) is 0 Å². The van der Waals surface area contributed by atoms with Crippen molar-refractivity contribution in [1.29, 1.82) is 0 Å². The maximum Gasteiger partial charge on any atom is 0.252 e. The molecule has 1 aromatic carbocycles. The Kier molecular flexibility index (Phi) is 7.69. The first-order valence-electron chi connectivity index (χ1n) is 6.95. The van der Waals surface area contributed by atoms with Crippen molar-refractivity contribution in [2.75, 3.05) is 38.3 Å². The van der Waals surface area contributed by atoms with E-state index in [0.29, 0.717) is 19.7 Å². The molecule has 0 unspecified atom stereocenters. The second kappa shape index (κ2) is 9.34. The molecule has 5 heteroatoms. The Labute approximate surface area is 120 Å². The lowest BCUT2D eigenvalue weighted by Crippen LogP contribution is -2.35. The Morgan fingerprint density at radius 3 is 2.55 bits per heavy atom. The van der Waals surface area contributed by atoms with Crippen LogP contribution in [0.2, 0.25) is 0 Å². The average Bonchev–Trinajstić information content (AvgIpc) is 2.48. The molecule has 5 nitrogen and oxygen atoms in total. The van der Waals surface area contributed by atoms with Gasteiger partial charge in [-0.15, -0.1) is 0 Å². The van der Waals surface area contributed by atoms with E-state index < -0.39 is 0 Å². The van der Waals surface area contributed by atoms with Crippen LogP contribution in [0.3, 0.4) is 0 Å². The zero-order valence-electron chi connectivity index (χ0n) is 12.3. The van der Waals surface area contributed by atoms with Gasteiger partial charge in [0.05, 0.1) is 7.11 Å². The fourth-order valence-electron chi connectivity index (χ4n) is 1.79. The summed E-state index contributed by atoms with van der Waals surface area (Å²) in [4.78, 5) is 13.9. The number of methoxy groups -OCH3 is 1. The third-order valence-electron chi connectivity index (χ3n) is 2.84. The summed E-state index contributed by atoms with van der Waals surface area (Å²) in [5, 5.41) is 0. The molecule has 0 aromatic heterocycles. The molecule has 0 bridgehead atoms. The topological polar surface area (TPSA) is 64.8 Å². The van der Waals surface area contributed by atoms with Gasteiger partial charge in [-0.3, -0.25) is 4.79 Å². The molecular weight excluding hydrogens is 256 g/mol. The van der Waals surface area contributed by atoms with Gasteiger partial charge in [-0.2, -0.15) is 0 Å². The van der Waals surface area contributed by atoms with Gasteiger partial charge >= 0.3 is 0 Å². The quantitative estimate of drug-likeness (QED) is 0.701. The Balaban J connectivity index is 2.73. The fourth-order valence-corrected chi connectivity index (χ4v) is 1.79. The van der Waals surface area contributed by atoms with Crippen molar-refractivity contribution in [2.24, 2.45) is 5.73 Å². The highest BCUT2D eigenvalue weighted by Gasteiger charge is 2.15. The Morgan fingerprint density at radius 1 is 1.30 bits per heavy atom. The van der Waals surface area contributed by atoms with E-state index >= 15 is 0 Å². The molecule has 0 fully saturated rings. The van der Waals surface area contributed by atoms with Gasteiger partial charge in [-0.1, -0.05) is 6.92 Å². The van der Waals surface area contributed by atoms with Crippen LogP contribution < -0.4 is 15.4 Å². The van der Waals surface area contributed by atoms with Crippen molar-refractivity contribution in [3.05, 3.63) is 24.3 Å². The van der Waals surface area contributed by atoms with Gasteiger partial charge in [0.1, 0.15) is 12.4 Å². The molecule has 2 N–H and O–H groups in total. The molecule has 0 aliphatic carbocycles. The third kappa shape index (κ3) is 5.19. The largest absolute Gasteiger partial charge is 0.497 e. The van der Waals surface area contributed by atoms with Crippen LogP contribution in [0.15, 0.2) is 24.3 Å². The number of hydrogen-bond donors (Lipinski definition) is 1. The van der Waals surface area contributed by atoms with Gasteiger partial charge in [0.15, 0.2) is 0 Å². The van der Waals surface area contributed by atoms with E-state index in [0.717, 1.165) is 24.3 Å². The zero-order chi connectivity index (χ0) is 14.8. The number of carbonyl (C=O) groups excluding carboxylic acids is 1. The molecule has 112 valence electrons. The first-order chi connectivity index (χ1) is 9.72. The minimum absolute atomic E-state index is 0.0444. The van der Waals surface area contributed by atoms with Gasteiger partial charge < -0.3 is 20.1 Å². The first-order valence-corrected chi connectivity index (χ1v) is 6.95. The number of hydrogen-bond acceptors (Lipinski definition) is 4. The van der Waals surface area contributed by atoms with Crippen molar-refractivity contribution in [2.45, 2.75) is 19.8 Å². The maximum atomic E-state index is 12.2. The molecule has 0 aliphatic heterocycles. The van der Waals surface area contributed by atoms with E-state index in [9.17, 15) is 4.79 Å². The predicted molar refractivity (Wildman–Crippen MR) is 80.1 cm³/mol. The molecule has 1 amide bonds. The summed E-state index contributed by atoms with van der Waals surface area (Å²) in [7, 11) is 1.62. The summed E-state index contributed by atoms with van der Waals surface area (Å²) in [5.41, 5.74) is 6.37. The molecule has 1 rings (SSSR count). The lowest BCUT2D eigenvalue weighted by Gasteiger charge is -2.23. The molecule has 0 radical (unpaired) electrons. The fraction of sp³-hybridized carbons (Fsp3) is 0.533. The SMILES string of the molecule is CCCOCC(=O)N(CCCN)c1ccc(OC)cc1. The summed E-state index contributed by atoms with van der Waals surface area (Å²) >= 11 is 0. The number of rotatable bonds is 9. The van der Waals surface area contributed by atoms with Crippen LogP contribution in [-0.2, 0) is 9.53 Å². The number of nitrogens with zero attached hydrogens (tertiary/aromatic N) is 1. The van der Waals surface area contributed by atoms with Crippen molar-refractivity contribution in [1.82, 2.24) is 0 Å². The monoisotopic (exact) mass is 280 g/mol. The molecule has 0 spiro atoms. The molecule has 1 aromatic rings. The minimum atomic E-state index is -0.0444. The van der Waals surface area contributed by atoms with Crippen LogP contribution in [0.5, 0.6) is 5.75 Å². The number of ether oxygens (including phenoxy) is 2. The van der Waals surface area contributed by atoms with E-state index in [1.54, 1.807) is 12.0 Å². The second-order valence-electron chi connectivity index (χ2n) is 4.44. The number of carbonyl (C=O) groups is 1. The Hall–Kier alpha value is -1.59. The second-order valence-corrected chi connectivity index (χ2v) is 4.44. The standard InChI is InChI=1S/C15H24N2O3/c1-3-11-20-12-15(18)17(10-4-9-16)13-5-7-14(19-2)8-6-13/h5-8H,3-4,9-12,16H2,1-2H3. The molecule has 0 heterocycles. The van der Waals surface area contributed by atoms with Crippen LogP contribution in [-0.4, -0.2) is 39.3 Å². The van der Waals surface area contributed by atoms with E-state index in [2.05, 4.69) is 0 Å². The van der Waals surface area contributed by atoms with Crippen LogP contribution in [0.4, 0.5) is 5.69 Å². The molecule has 0 atom stereocenters. The lowest BCUT2D eigenvalue weighted by atomic mass is 10.2. The zero-order valence-corrected chi connectivity index (χ0v) is 12.3. The lowest BCUT2D eigenvalue weighted by molar-refractivity contribution is -0.123. The number of nitrogens with two attached hydrogens (primary N) is 1. The van der Waals surface area contributed by atoms with Crippen LogP contribution >= 0.6 is 0 Å². The highest BCUT2D eigenvalue weighted by molar-refractivity contribution is 5.94. The molecule has 20 heavy (non-hydrogen) atoms. The summed E-state index contributed by atoms with van der Waals surface area (Å²) in [6, 6.07) is 7.41. The smallest absolute Gasteiger partial charge is 0.252 e. The van der Waals surface area contributed by atoms with Gasteiger partial charge in [0.2, 0.25) is 0 Å². The van der Waals surface area contributed by atoms with Crippen molar-refractivity contribution in [3.63, 3.8) is 0 Å². The summed E-state index contributed by atoms with van der Waals surface area (Å²) in [5.74, 6) is 0.722.